The molecule has 0 fully saturated rings. The minimum absolute atomic E-state index is 0.252. The maximum atomic E-state index is 12.0. The number of aromatic nitrogens is 2. The highest BCUT2D eigenvalue weighted by atomic mass is 35.5. The smallest absolute Gasteiger partial charge is 0.325 e. The number of nitrogens with one attached hydrogen (secondary N) is 2. The van der Waals surface area contributed by atoms with Gasteiger partial charge in [-0.1, -0.05) is 22.9 Å². The Bertz CT molecular complexity index is 931. The molecular weight excluding hydrogens is 388 g/mol. The lowest BCUT2D eigenvalue weighted by Crippen LogP contribution is -2.19. The van der Waals surface area contributed by atoms with Crippen molar-refractivity contribution in [1.29, 1.82) is 0 Å². The van der Waals surface area contributed by atoms with Crippen LogP contribution in [0.2, 0.25) is 5.02 Å². The van der Waals surface area contributed by atoms with E-state index >= 15 is 0 Å². The first kappa shape index (κ1) is 18.9. The molecule has 0 aliphatic carbocycles. The van der Waals surface area contributed by atoms with Gasteiger partial charge in [0.1, 0.15) is 18.1 Å². The van der Waals surface area contributed by atoms with Gasteiger partial charge in [-0.3, -0.25) is 5.32 Å². The van der Waals surface area contributed by atoms with E-state index in [0.29, 0.717) is 26.6 Å². The van der Waals surface area contributed by atoms with Gasteiger partial charge in [0.05, 0.1) is 7.11 Å². The second-order valence-electron chi connectivity index (χ2n) is 5.51. The third kappa shape index (κ3) is 5.32. The molecule has 3 aromatic rings. The lowest BCUT2D eigenvalue weighted by atomic mass is 10.2. The van der Waals surface area contributed by atoms with Crippen molar-refractivity contribution in [2.75, 3.05) is 17.7 Å². The number of urea groups is 1. The molecule has 1 heterocycles. The Morgan fingerprint density at radius 1 is 1.15 bits per heavy atom. The monoisotopic (exact) mass is 404 g/mol. The highest BCUT2D eigenvalue weighted by Gasteiger charge is 2.10. The second-order valence-corrected chi connectivity index (χ2v) is 7.01. The number of anilines is 2. The summed E-state index contributed by atoms with van der Waals surface area (Å²) in [6.07, 6.45) is 0. The zero-order valence-corrected chi connectivity index (χ0v) is 16.2. The number of halogens is 1. The molecule has 7 nitrogen and oxygen atoms in total. The number of carbonyl (C=O) groups excluding carboxylic acids is 1. The summed E-state index contributed by atoms with van der Waals surface area (Å²) in [5.74, 6) is 1.44. The van der Waals surface area contributed by atoms with E-state index in [4.69, 9.17) is 21.1 Å². The van der Waals surface area contributed by atoms with Crippen LogP contribution < -0.4 is 20.1 Å². The van der Waals surface area contributed by atoms with Crippen LogP contribution >= 0.6 is 22.9 Å². The van der Waals surface area contributed by atoms with Gasteiger partial charge in [-0.2, -0.15) is 0 Å². The number of hydrogen-bond donors (Lipinski definition) is 2. The first-order valence-corrected chi connectivity index (χ1v) is 9.16. The lowest BCUT2D eigenvalue weighted by molar-refractivity contribution is 0.262. The number of aryl methyl sites for hydroxylation is 1. The van der Waals surface area contributed by atoms with Gasteiger partial charge in [0.15, 0.2) is 5.01 Å². The van der Waals surface area contributed by atoms with Crippen LogP contribution in [-0.2, 0) is 6.61 Å². The first-order chi connectivity index (χ1) is 13.0. The van der Waals surface area contributed by atoms with Crippen LogP contribution in [0, 0.1) is 6.92 Å². The van der Waals surface area contributed by atoms with Gasteiger partial charge in [-0.15, -0.1) is 10.2 Å². The van der Waals surface area contributed by atoms with E-state index < -0.39 is 6.03 Å². The molecule has 1 aromatic heterocycles. The summed E-state index contributed by atoms with van der Waals surface area (Å²) in [5.41, 5.74) is 1.57. The molecule has 140 valence electrons. The van der Waals surface area contributed by atoms with Crippen LogP contribution in [0.3, 0.4) is 0 Å². The number of carbonyl (C=O) groups is 1. The predicted octanol–water partition coefficient (Wildman–Crippen LogP) is 4.73. The molecule has 0 bridgehead atoms. The molecule has 9 heteroatoms. The molecule has 3 rings (SSSR count). The summed E-state index contributed by atoms with van der Waals surface area (Å²) in [7, 11) is 1.58. The molecule has 0 spiro atoms. The maximum Gasteiger partial charge on any atom is 0.325 e. The van der Waals surface area contributed by atoms with Gasteiger partial charge in [-0.25, -0.2) is 4.79 Å². The number of nitrogens with zero attached hydrogens (tertiary/aromatic N) is 2. The summed E-state index contributed by atoms with van der Waals surface area (Å²) in [6.45, 7) is 2.17. The first-order valence-electron chi connectivity index (χ1n) is 7.97. The minimum Gasteiger partial charge on any atom is -0.497 e. The number of hydrogen-bond acceptors (Lipinski definition) is 6. The van der Waals surface area contributed by atoms with Crippen molar-refractivity contribution >= 4 is 39.8 Å². The van der Waals surface area contributed by atoms with E-state index in [-0.39, 0.29) is 6.61 Å². The van der Waals surface area contributed by atoms with Crippen molar-refractivity contribution in [2.45, 2.75) is 13.5 Å². The summed E-state index contributed by atoms with van der Waals surface area (Å²) in [6, 6.07) is 12.0. The van der Waals surface area contributed by atoms with Crippen molar-refractivity contribution in [2.24, 2.45) is 0 Å². The molecule has 27 heavy (non-hydrogen) atoms. The van der Waals surface area contributed by atoms with E-state index in [9.17, 15) is 4.79 Å². The quantitative estimate of drug-likeness (QED) is 0.620. The van der Waals surface area contributed by atoms with Gasteiger partial charge in [0, 0.05) is 10.7 Å². The molecule has 2 N–H and O–H groups in total. The molecule has 0 radical (unpaired) electrons. The molecule has 0 atom stereocenters. The van der Waals surface area contributed by atoms with Gasteiger partial charge in [0.2, 0.25) is 5.13 Å². The fourth-order valence-corrected chi connectivity index (χ4v) is 3.09. The third-order valence-electron chi connectivity index (χ3n) is 3.52. The van der Waals surface area contributed by atoms with Crippen molar-refractivity contribution < 1.29 is 14.3 Å². The highest BCUT2D eigenvalue weighted by molar-refractivity contribution is 7.15. The Morgan fingerprint density at radius 3 is 2.63 bits per heavy atom. The predicted molar refractivity (Wildman–Crippen MR) is 106 cm³/mol. The topological polar surface area (TPSA) is 85.4 Å². The normalized spacial score (nSPS) is 10.3. The van der Waals surface area contributed by atoms with Crippen molar-refractivity contribution in [3.05, 3.63) is 58.1 Å². The molecule has 0 saturated carbocycles. The number of rotatable bonds is 6. The number of methoxy groups -OCH3 is 1. The van der Waals surface area contributed by atoms with Crippen LogP contribution in [0.4, 0.5) is 15.6 Å². The average Bonchev–Trinajstić information content (AvgIpc) is 3.09. The fourth-order valence-electron chi connectivity index (χ4n) is 2.21. The Kier molecular flexibility index (Phi) is 6.10. The molecule has 2 aromatic carbocycles. The largest absolute Gasteiger partial charge is 0.497 e. The SMILES string of the molecule is COc1ccc(NC(=O)Nc2nnc(COc3ccc(Cl)cc3C)s2)cc1. The molecular formula is C18H17ClN4O3S. The maximum absolute atomic E-state index is 12.0. The van der Waals surface area contributed by atoms with Gasteiger partial charge < -0.3 is 14.8 Å². The third-order valence-corrected chi connectivity index (χ3v) is 4.57. The van der Waals surface area contributed by atoms with Gasteiger partial charge in [0.25, 0.3) is 0 Å². The summed E-state index contributed by atoms with van der Waals surface area (Å²) in [4.78, 5) is 12.0. The molecule has 0 aliphatic heterocycles. The molecule has 2 amide bonds. The summed E-state index contributed by atoms with van der Waals surface area (Å²) >= 11 is 7.17. The van der Waals surface area contributed by atoms with Gasteiger partial charge in [-0.05, 0) is 55.0 Å². The number of amides is 2. The van der Waals surface area contributed by atoms with E-state index in [0.717, 1.165) is 11.3 Å². The Labute approximate surface area is 165 Å². The van der Waals surface area contributed by atoms with Crippen LogP contribution in [0.25, 0.3) is 0 Å². The number of benzene rings is 2. The van der Waals surface area contributed by atoms with Crippen LogP contribution in [0.1, 0.15) is 10.6 Å². The minimum atomic E-state index is -0.405. The van der Waals surface area contributed by atoms with E-state index in [1.54, 1.807) is 43.5 Å². The van der Waals surface area contributed by atoms with E-state index in [1.807, 2.05) is 13.0 Å². The average molecular weight is 405 g/mol. The molecule has 0 saturated heterocycles. The van der Waals surface area contributed by atoms with Crippen LogP contribution in [-0.4, -0.2) is 23.3 Å². The van der Waals surface area contributed by atoms with Crippen molar-refractivity contribution in [3.63, 3.8) is 0 Å². The lowest BCUT2D eigenvalue weighted by Gasteiger charge is -2.07. The van der Waals surface area contributed by atoms with E-state index in [1.165, 1.54) is 11.3 Å². The highest BCUT2D eigenvalue weighted by Crippen LogP contribution is 2.24. The fraction of sp³-hybridized carbons (Fsp3) is 0.167. The van der Waals surface area contributed by atoms with Crippen LogP contribution in [0.5, 0.6) is 11.5 Å². The van der Waals surface area contributed by atoms with Crippen LogP contribution in [0.15, 0.2) is 42.5 Å². The Hall–Kier alpha value is -2.84. The summed E-state index contributed by atoms with van der Waals surface area (Å²) < 4.78 is 10.8. The standard InChI is InChI=1S/C18H17ClN4O3S/c1-11-9-12(19)3-8-15(11)26-10-16-22-23-18(27-16)21-17(24)20-13-4-6-14(25-2)7-5-13/h3-9H,10H2,1-2H3,(H2,20,21,23,24). The zero-order chi connectivity index (χ0) is 19.2. The zero-order valence-electron chi connectivity index (χ0n) is 14.7. The van der Waals surface area contributed by atoms with Crippen molar-refractivity contribution in [1.82, 2.24) is 10.2 Å². The van der Waals surface area contributed by atoms with E-state index in [2.05, 4.69) is 20.8 Å². The Balaban J connectivity index is 1.53. The molecule has 0 aliphatic rings. The summed E-state index contributed by atoms with van der Waals surface area (Å²) in [5, 5.41) is 15.0. The van der Waals surface area contributed by atoms with Crippen molar-refractivity contribution in [3.8, 4) is 11.5 Å². The number of ether oxygens (including phenoxy) is 2. The molecule has 0 unspecified atom stereocenters. The second kappa shape index (κ2) is 8.70. The van der Waals surface area contributed by atoms with Gasteiger partial charge >= 0.3 is 6.03 Å². The Morgan fingerprint density at radius 2 is 1.93 bits per heavy atom.